The number of benzene rings is 1. The molecule has 2 heterocycles. The molecule has 1 aliphatic rings. The van der Waals surface area contributed by atoms with Gasteiger partial charge in [0.1, 0.15) is 5.69 Å². The second-order valence-electron chi connectivity index (χ2n) is 6.53. The first-order valence-corrected chi connectivity index (χ1v) is 9.68. The average molecular weight is 395 g/mol. The smallest absolute Gasteiger partial charge is 0.306 e. The normalized spacial score (nSPS) is 14.5. The van der Waals surface area contributed by atoms with Gasteiger partial charge in [-0.1, -0.05) is 6.07 Å². The number of hydrogen-bond donors (Lipinski definition) is 0. The fourth-order valence-electron chi connectivity index (χ4n) is 3.05. The highest BCUT2D eigenvalue weighted by Crippen LogP contribution is 2.37. The number of sulfonamides is 1. The molecule has 0 saturated heterocycles. The van der Waals surface area contributed by atoms with Crippen LogP contribution in [0.25, 0.3) is 0 Å². The van der Waals surface area contributed by atoms with E-state index in [9.17, 15) is 22.0 Å². The first-order chi connectivity index (χ1) is 12.6. The second-order valence-corrected chi connectivity index (χ2v) is 8.68. The van der Waals surface area contributed by atoms with Gasteiger partial charge in [0.25, 0.3) is 0 Å². The van der Waals surface area contributed by atoms with Gasteiger partial charge in [0.05, 0.1) is 4.90 Å². The highest BCUT2D eigenvalue weighted by atomic mass is 32.2. The molecular weight excluding hydrogens is 376 g/mol. The van der Waals surface area contributed by atoms with Crippen LogP contribution in [0.4, 0.5) is 14.5 Å². The Morgan fingerprint density at radius 3 is 2.59 bits per heavy atom. The van der Waals surface area contributed by atoms with Gasteiger partial charge >= 0.3 is 11.8 Å². The van der Waals surface area contributed by atoms with E-state index in [1.54, 1.807) is 0 Å². The van der Waals surface area contributed by atoms with E-state index in [4.69, 9.17) is 0 Å². The Kier molecular flexibility index (Phi) is 4.77. The lowest BCUT2D eigenvalue weighted by Crippen LogP contribution is -2.42. The third kappa shape index (κ3) is 3.21. The van der Waals surface area contributed by atoms with Crippen LogP contribution in [0.2, 0.25) is 0 Å². The number of anilines is 1. The van der Waals surface area contributed by atoms with E-state index < -0.39 is 27.5 Å². The number of aromatic nitrogens is 1. The number of amides is 1. The summed E-state index contributed by atoms with van der Waals surface area (Å²) in [4.78, 5) is 17.3. The second kappa shape index (κ2) is 6.65. The Bertz CT molecular complexity index is 1010. The number of fused-ring (bicyclic) bond motifs is 1. The van der Waals surface area contributed by atoms with Crippen LogP contribution in [0.1, 0.15) is 16.8 Å². The van der Waals surface area contributed by atoms with E-state index >= 15 is 0 Å². The Balaban J connectivity index is 1.96. The molecule has 0 atom stereocenters. The number of nitrogens with zero attached hydrogens (tertiary/aromatic N) is 3. The highest BCUT2D eigenvalue weighted by Gasteiger charge is 2.48. The van der Waals surface area contributed by atoms with E-state index in [1.165, 1.54) is 57.5 Å². The van der Waals surface area contributed by atoms with Crippen LogP contribution in [-0.2, 0) is 27.2 Å². The zero-order chi connectivity index (χ0) is 20.0. The van der Waals surface area contributed by atoms with Gasteiger partial charge in [0.15, 0.2) is 0 Å². The minimum atomic E-state index is -3.78. The Hall–Kier alpha value is -2.39. The number of rotatable bonds is 4. The van der Waals surface area contributed by atoms with Crippen molar-refractivity contribution >= 4 is 21.6 Å². The molecule has 0 fully saturated rings. The first-order valence-electron chi connectivity index (χ1n) is 8.24. The van der Waals surface area contributed by atoms with Gasteiger partial charge in [0.2, 0.25) is 10.0 Å². The van der Waals surface area contributed by atoms with Crippen molar-refractivity contribution < 1.29 is 22.0 Å². The van der Waals surface area contributed by atoms with Gasteiger partial charge in [-0.2, -0.15) is 8.78 Å². The van der Waals surface area contributed by atoms with E-state index in [0.29, 0.717) is 17.7 Å². The highest BCUT2D eigenvalue weighted by molar-refractivity contribution is 7.89. The molecule has 1 amide bonds. The molecule has 3 rings (SSSR count). The molecule has 0 aliphatic carbocycles. The lowest BCUT2D eigenvalue weighted by Gasteiger charge is -2.24. The molecule has 2 aromatic rings. The van der Waals surface area contributed by atoms with Gasteiger partial charge < -0.3 is 4.90 Å². The maximum absolute atomic E-state index is 14.8. The lowest BCUT2D eigenvalue weighted by atomic mass is 10.1. The number of aryl methyl sites for hydroxylation is 1. The quantitative estimate of drug-likeness (QED) is 0.797. The number of carbonyl (C=O) groups is 1. The lowest BCUT2D eigenvalue weighted by molar-refractivity contribution is -0.144. The third-order valence-corrected chi connectivity index (χ3v) is 6.36. The van der Waals surface area contributed by atoms with E-state index in [2.05, 4.69) is 4.98 Å². The fraction of sp³-hybridized carbons (Fsp3) is 0.333. The largest absolute Gasteiger partial charge is 0.366 e. The molecule has 1 aliphatic heterocycles. The Labute approximate surface area is 156 Å². The van der Waals surface area contributed by atoms with Crippen molar-refractivity contribution in [1.82, 2.24) is 9.29 Å². The maximum atomic E-state index is 14.8. The summed E-state index contributed by atoms with van der Waals surface area (Å²) in [5.74, 6) is -5.15. The number of halogens is 2. The number of alkyl halides is 2. The molecule has 6 nitrogen and oxygen atoms in total. The molecule has 0 unspecified atom stereocenters. The molecule has 27 heavy (non-hydrogen) atoms. The van der Waals surface area contributed by atoms with Crippen LogP contribution in [0.15, 0.2) is 41.4 Å². The summed E-state index contributed by atoms with van der Waals surface area (Å²) in [5, 5.41) is 0. The van der Waals surface area contributed by atoms with Crippen LogP contribution < -0.4 is 4.90 Å². The van der Waals surface area contributed by atoms with Gasteiger partial charge in [-0.3, -0.25) is 9.78 Å². The van der Waals surface area contributed by atoms with Crippen molar-refractivity contribution in [2.45, 2.75) is 24.2 Å². The molecule has 9 heteroatoms. The topological polar surface area (TPSA) is 70.6 Å². The van der Waals surface area contributed by atoms with Crippen molar-refractivity contribution in [2.24, 2.45) is 0 Å². The average Bonchev–Trinajstić information content (AvgIpc) is 3.04. The summed E-state index contributed by atoms with van der Waals surface area (Å²) in [6.07, 6.45) is 1.52. The molecule has 0 saturated carbocycles. The predicted octanol–water partition coefficient (Wildman–Crippen LogP) is 2.32. The minimum Gasteiger partial charge on any atom is -0.306 e. The molecular formula is C18H19F2N3O3S. The number of hydrogen-bond acceptors (Lipinski definition) is 4. The van der Waals surface area contributed by atoms with Crippen LogP contribution >= 0.6 is 0 Å². The van der Waals surface area contributed by atoms with E-state index in [1.807, 2.05) is 0 Å². The molecule has 0 spiro atoms. The van der Waals surface area contributed by atoms with Crippen molar-refractivity contribution in [3.05, 3.63) is 53.3 Å². The first kappa shape index (κ1) is 19.4. The van der Waals surface area contributed by atoms with Crippen LogP contribution in [-0.4, -0.2) is 44.3 Å². The molecule has 0 radical (unpaired) electrons. The van der Waals surface area contributed by atoms with Crippen molar-refractivity contribution in [2.75, 3.05) is 25.5 Å². The van der Waals surface area contributed by atoms with Crippen molar-refractivity contribution in [1.29, 1.82) is 0 Å². The summed E-state index contributed by atoms with van der Waals surface area (Å²) >= 11 is 0. The van der Waals surface area contributed by atoms with Crippen LogP contribution in [0, 0.1) is 6.92 Å². The Morgan fingerprint density at radius 2 is 1.96 bits per heavy atom. The summed E-state index contributed by atoms with van der Waals surface area (Å²) in [5.41, 5.74) is 0.490. The standard InChI is InChI=1S/C18H19F2N3O3S/c1-12-5-4-9-21-16(12)18(19,20)17(24)23-10-8-13-11-14(6-7-15(13)23)27(25,26)22(2)3/h4-7,9,11H,8,10H2,1-3H3. The number of carbonyl (C=O) groups excluding carboxylic acids is 1. The maximum Gasteiger partial charge on any atom is 0.366 e. The summed E-state index contributed by atoms with van der Waals surface area (Å²) in [7, 11) is -0.820. The van der Waals surface area contributed by atoms with Gasteiger partial charge in [-0.25, -0.2) is 12.7 Å². The van der Waals surface area contributed by atoms with Crippen molar-refractivity contribution in [3.63, 3.8) is 0 Å². The van der Waals surface area contributed by atoms with Gasteiger partial charge in [0, 0.05) is 32.5 Å². The third-order valence-electron chi connectivity index (χ3n) is 4.55. The van der Waals surface area contributed by atoms with Gasteiger partial charge in [-0.15, -0.1) is 0 Å². The SMILES string of the molecule is Cc1cccnc1C(F)(F)C(=O)N1CCc2cc(S(=O)(=O)N(C)C)ccc21. The summed E-state index contributed by atoms with van der Waals surface area (Å²) in [6, 6.07) is 7.15. The zero-order valence-electron chi connectivity index (χ0n) is 15.1. The van der Waals surface area contributed by atoms with Crippen LogP contribution in [0.3, 0.4) is 0 Å². The predicted molar refractivity (Wildman–Crippen MR) is 96.2 cm³/mol. The monoisotopic (exact) mass is 395 g/mol. The molecule has 1 aromatic carbocycles. The van der Waals surface area contributed by atoms with E-state index in [0.717, 1.165) is 9.21 Å². The molecule has 0 bridgehead atoms. The molecule has 0 N–H and O–H groups in total. The molecule has 144 valence electrons. The Morgan fingerprint density at radius 1 is 1.26 bits per heavy atom. The van der Waals surface area contributed by atoms with Gasteiger partial charge in [-0.05, 0) is 48.7 Å². The van der Waals surface area contributed by atoms with E-state index in [-0.39, 0.29) is 17.0 Å². The summed E-state index contributed by atoms with van der Waals surface area (Å²) in [6.45, 7) is 1.53. The van der Waals surface area contributed by atoms with Crippen molar-refractivity contribution in [3.8, 4) is 0 Å². The fourth-order valence-corrected chi connectivity index (χ4v) is 4.00. The summed E-state index contributed by atoms with van der Waals surface area (Å²) < 4.78 is 55.1. The minimum absolute atomic E-state index is 0.0566. The number of pyridine rings is 1. The van der Waals surface area contributed by atoms with Crippen LogP contribution in [0.5, 0.6) is 0 Å². The zero-order valence-corrected chi connectivity index (χ0v) is 15.9. The molecule has 1 aromatic heterocycles.